The fourth-order valence-electron chi connectivity index (χ4n) is 3.07. The van der Waals surface area contributed by atoms with Crippen LogP contribution in [0.1, 0.15) is 95.4 Å². The zero-order chi connectivity index (χ0) is 21.4. The molecular formula is C26H36O2. The van der Waals surface area contributed by atoms with Gasteiger partial charge in [-0.3, -0.25) is 0 Å². The highest BCUT2D eigenvalue weighted by molar-refractivity contribution is 5.81. The zero-order valence-corrected chi connectivity index (χ0v) is 18.7. The fraction of sp³-hybridized carbons (Fsp3) is 0.423. The van der Waals surface area contributed by atoms with E-state index in [2.05, 4.69) is 72.8 Å². The third-order valence-electron chi connectivity index (χ3n) is 4.76. The van der Waals surface area contributed by atoms with Gasteiger partial charge in [0.2, 0.25) is 0 Å². The number of hydrogen-bond donors (Lipinski definition) is 1. The van der Waals surface area contributed by atoms with E-state index in [1.807, 2.05) is 18.2 Å². The molecule has 1 rings (SSSR count). The number of aliphatic carboxylic acids is 1. The Morgan fingerprint density at radius 1 is 0.857 bits per heavy atom. The number of rotatable bonds is 8. The molecule has 0 heterocycles. The molecule has 0 unspecified atom stereocenters. The monoisotopic (exact) mass is 380 g/mol. The lowest BCUT2D eigenvalue weighted by Gasteiger charge is -2.21. The molecule has 1 aromatic rings. The summed E-state index contributed by atoms with van der Waals surface area (Å²) in [5.74, 6) is 0.518. The van der Waals surface area contributed by atoms with Crippen molar-refractivity contribution >= 4 is 12.0 Å². The van der Waals surface area contributed by atoms with Gasteiger partial charge in [-0.25, -0.2) is 4.79 Å². The summed E-state index contributed by atoms with van der Waals surface area (Å²) in [7, 11) is 0. The predicted octanol–water partition coefficient (Wildman–Crippen LogP) is 7.60. The van der Waals surface area contributed by atoms with Gasteiger partial charge in [-0.2, -0.15) is 0 Å². The Morgan fingerprint density at radius 3 is 1.82 bits per heavy atom. The van der Waals surface area contributed by atoms with E-state index in [-0.39, 0.29) is 0 Å². The van der Waals surface area contributed by atoms with Crippen LogP contribution in [0, 0.1) is 0 Å². The van der Waals surface area contributed by atoms with E-state index in [1.165, 1.54) is 28.3 Å². The third kappa shape index (κ3) is 7.34. The van der Waals surface area contributed by atoms with Crippen molar-refractivity contribution in [2.75, 3.05) is 0 Å². The van der Waals surface area contributed by atoms with Crippen molar-refractivity contribution in [3.8, 4) is 0 Å². The Kier molecular flexibility index (Phi) is 9.18. The van der Waals surface area contributed by atoms with Gasteiger partial charge in [-0.05, 0) is 59.4 Å². The molecule has 0 bridgehead atoms. The molecule has 0 aliphatic heterocycles. The van der Waals surface area contributed by atoms with Crippen molar-refractivity contribution < 1.29 is 9.90 Å². The van der Waals surface area contributed by atoms with Crippen LogP contribution >= 0.6 is 0 Å². The van der Waals surface area contributed by atoms with Gasteiger partial charge in [-0.1, -0.05) is 89.6 Å². The molecule has 2 nitrogen and oxygen atoms in total. The van der Waals surface area contributed by atoms with Gasteiger partial charge < -0.3 is 5.11 Å². The number of hydrogen-bond acceptors (Lipinski definition) is 1. The zero-order valence-electron chi connectivity index (χ0n) is 18.7. The first-order chi connectivity index (χ1) is 13.0. The quantitative estimate of drug-likeness (QED) is 0.372. The molecule has 0 saturated carbocycles. The molecule has 0 amide bonds. The number of benzene rings is 1. The minimum atomic E-state index is -0.921. The Hall–Kier alpha value is -2.35. The lowest BCUT2D eigenvalue weighted by atomic mass is 9.84. The second kappa shape index (κ2) is 10.8. The number of carboxylic acid groups (broad SMARTS) is 1. The molecule has 0 fully saturated rings. The molecule has 1 N–H and O–H groups in total. The lowest BCUT2D eigenvalue weighted by Crippen LogP contribution is -2.03. The molecule has 28 heavy (non-hydrogen) atoms. The molecule has 0 atom stereocenters. The average Bonchev–Trinajstić information content (AvgIpc) is 2.58. The minimum Gasteiger partial charge on any atom is -0.478 e. The Morgan fingerprint density at radius 2 is 1.39 bits per heavy atom. The SMILES string of the molecule is CC(C=Cc1c(C(C)C)cc(C(C)C)cc1C(C)C)=CC=CC(C)=CC(=O)O. The Balaban J connectivity index is 3.26. The van der Waals surface area contributed by atoms with Crippen LogP contribution in [0.4, 0.5) is 0 Å². The molecule has 0 aromatic heterocycles. The van der Waals surface area contributed by atoms with Crippen LogP contribution in [-0.4, -0.2) is 11.1 Å². The van der Waals surface area contributed by atoms with Crippen molar-refractivity contribution in [3.05, 3.63) is 75.9 Å². The molecule has 0 saturated heterocycles. The van der Waals surface area contributed by atoms with Gasteiger partial charge in [0.25, 0.3) is 0 Å². The third-order valence-corrected chi connectivity index (χ3v) is 4.76. The lowest BCUT2D eigenvalue weighted by molar-refractivity contribution is -0.131. The summed E-state index contributed by atoms with van der Waals surface area (Å²) in [4.78, 5) is 10.7. The standard InChI is InChI=1S/C26H36O2/c1-17(2)22-15-24(18(3)4)23(25(16-22)19(5)6)13-12-20(7)10-9-11-21(8)14-26(27)28/h9-19H,1-8H3,(H,27,28). The van der Waals surface area contributed by atoms with Crippen LogP contribution in [0.5, 0.6) is 0 Å². The molecule has 1 aromatic carbocycles. The van der Waals surface area contributed by atoms with Crippen LogP contribution in [-0.2, 0) is 4.79 Å². The van der Waals surface area contributed by atoms with E-state index >= 15 is 0 Å². The smallest absolute Gasteiger partial charge is 0.328 e. The van der Waals surface area contributed by atoms with Crippen LogP contribution < -0.4 is 0 Å². The van der Waals surface area contributed by atoms with Crippen molar-refractivity contribution in [3.63, 3.8) is 0 Å². The van der Waals surface area contributed by atoms with Gasteiger partial charge in [-0.15, -0.1) is 0 Å². The van der Waals surface area contributed by atoms with Gasteiger partial charge in [0, 0.05) is 6.08 Å². The number of carbonyl (C=O) groups is 1. The highest BCUT2D eigenvalue weighted by atomic mass is 16.4. The summed E-state index contributed by atoms with van der Waals surface area (Å²) >= 11 is 0. The maximum absolute atomic E-state index is 10.7. The van der Waals surface area contributed by atoms with Gasteiger partial charge in [0.1, 0.15) is 0 Å². The van der Waals surface area contributed by atoms with E-state index in [0.717, 1.165) is 5.57 Å². The van der Waals surface area contributed by atoms with E-state index < -0.39 is 5.97 Å². The first-order valence-corrected chi connectivity index (χ1v) is 10.1. The van der Waals surface area contributed by atoms with E-state index in [9.17, 15) is 4.79 Å². The molecule has 2 heteroatoms. The van der Waals surface area contributed by atoms with Crippen LogP contribution in [0.2, 0.25) is 0 Å². The van der Waals surface area contributed by atoms with Crippen molar-refractivity contribution in [2.24, 2.45) is 0 Å². The number of allylic oxidation sites excluding steroid dienone is 6. The van der Waals surface area contributed by atoms with E-state index in [1.54, 1.807) is 6.92 Å². The summed E-state index contributed by atoms with van der Waals surface area (Å²) in [5, 5.41) is 8.76. The maximum atomic E-state index is 10.7. The normalized spacial score (nSPS) is 13.7. The summed E-state index contributed by atoms with van der Waals surface area (Å²) in [5.41, 5.74) is 7.36. The van der Waals surface area contributed by atoms with Crippen molar-refractivity contribution in [1.29, 1.82) is 0 Å². The molecular weight excluding hydrogens is 344 g/mol. The summed E-state index contributed by atoms with van der Waals surface area (Å²) in [6.07, 6.45) is 11.3. The molecule has 0 aliphatic rings. The van der Waals surface area contributed by atoms with Crippen LogP contribution in [0.15, 0.2) is 53.7 Å². The second-order valence-corrected chi connectivity index (χ2v) is 8.41. The summed E-state index contributed by atoms with van der Waals surface area (Å²) in [6.45, 7) is 17.4. The van der Waals surface area contributed by atoms with Crippen molar-refractivity contribution in [2.45, 2.75) is 73.1 Å². The predicted molar refractivity (Wildman–Crippen MR) is 122 cm³/mol. The fourth-order valence-corrected chi connectivity index (χ4v) is 3.07. The largest absolute Gasteiger partial charge is 0.478 e. The summed E-state index contributed by atoms with van der Waals surface area (Å²) < 4.78 is 0. The van der Waals surface area contributed by atoms with Crippen molar-refractivity contribution in [1.82, 2.24) is 0 Å². The molecule has 0 spiro atoms. The Labute approximate surface area is 171 Å². The van der Waals surface area contributed by atoms with Gasteiger partial charge in [0.05, 0.1) is 0 Å². The average molecular weight is 381 g/mol. The first-order valence-electron chi connectivity index (χ1n) is 10.1. The van der Waals surface area contributed by atoms with E-state index in [4.69, 9.17) is 5.11 Å². The van der Waals surface area contributed by atoms with Crippen LogP contribution in [0.25, 0.3) is 6.08 Å². The van der Waals surface area contributed by atoms with E-state index in [0.29, 0.717) is 23.3 Å². The van der Waals surface area contributed by atoms with Crippen LogP contribution in [0.3, 0.4) is 0 Å². The Bertz CT molecular complexity index is 771. The van der Waals surface area contributed by atoms with Gasteiger partial charge in [0.15, 0.2) is 0 Å². The number of carboxylic acids is 1. The summed E-state index contributed by atoms with van der Waals surface area (Å²) in [6, 6.07) is 4.72. The minimum absolute atomic E-state index is 0.462. The van der Waals surface area contributed by atoms with Gasteiger partial charge >= 0.3 is 5.97 Å². The first kappa shape index (κ1) is 23.7. The second-order valence-electron chi connectivity index (χ2n) is 8.41. The molecule has 0 radical (unpaired) electrons. The molecule has 0 aliphatic carbocycles. The highest BCUT2D eigenvalue weighted by Gasteiger charge is 2.15. The maximum Gasteiger partial charge on any atom is 0.328 e. The topological polar surface area (TPSA) is 37.3 Å². The molecule has 152 valence electrons. The highest BCUT2D eigenvalue weighted by Crippen LogP contribution is 2.33.